The Morgan fingerprint density at radius 2 is 1.71 bits per heavy atom. The molecule has 2 heterocycles. The van der Waals surface area contributed by atoms with E-state index in [9.17, 15) is 9.59 Å². The van der Waals surface area contributed by atoms with Crippen LogP contribution in [0, 0.1) is 19.8 Å². The highest BCUT2D eigenvalue weighted by Gasteiger charge is 2.29. The first-order chi connectivity index (χ1) is 10.8. The van der Waals surface area contributed by atoms with Crippen LogP contribution < -0.4 is 5.73 Å². The number of hydrogen-bond acceptors (Lipinski definition) is 4. The van der Waals surface area contributed by atoms with Gasteiger partial charge in [-0.3, -0.25) is 9.59 Å². The van der Waals surface area contributed by atoms with Crippen molar-refractivity contribution >= 4 is 24.2 Å². The van der Waals surface area contributed by atoms with E-state index in [1.165, 1.54) is 0 Å². The molecule has 1 aromatic heterocycles. The topological polar surface area (TPSA) is 79.8 Å². The fourth-order valence-corrected chi connectivity index (χ4v) is 2.99. The second-order valence-electron chi connectivity index (χ2n) is 6.68. The Kier molecular flexibility index (Phi) is 7.29. The van der Waals surface area contributed by atoms with Crippen LogP contribution in [0.3, 0.4) is 0 Å². The van der Waals surface area contributed by atoms with Crippen molar-refractivity contribution in [2.75, 3.05) is 26.2 Å². The molecule has 2 N–H and O–H groups in total. The molecule has 24 heavy (non-hydrogen) atoms. The summed E-state index contributed by atoms with van der Waals surface area (Å²) in [5.74, 6) is 1.73. The molecule has 1 aliphatic heterocycles. The Bertz CT molecular complexity index is 578. The van der Waals surface area contributed by atoms with Crippen molar-refractivity contribution in [1.29, 1.82) is 0 Å². The van der Waals surface area contributed by atoms with Gasteiger partial charge in [0.2, 0.25) is 5.91 Å². The van der Waals surface area contributed by atoms with E-state index in [0.29, 0.717) is 49.8 Å². The van der Waals surface area contributed by atoms with Crippen LogP contribution in [-0.2, 0) is 4.79 Å². The average molecular weight is 358 g/mol. The van der Waals surface area contributed by atoms with Crippen molar-refractivity contribution < 1.29 is 14.0 Å². The van der Waals surface area contributed by atoms with Crippen LogP contribution in [0.15, 0.2) is 10.5 Å². The molecule has 1 atom stereocenters. The van der Waals surface area contributed by atoms with Crippen LogP contribution in [-0.4, -0.2) is 53.8 Å². The van der Waals surface area contributed by atoms with Gasteiger partial charge in [-0.15, -0.1) is 12.4 Å². The minimum absolute atomic E-state index is 0. The Morgan fingerprint density at radius 3 is 2.17 bits per heavy atom. The SMILES string of the molecule is Cc1cc(C(=O)N2CCN(C(=O)[C@@H](N)CC(C)C)CC2)c(C)o1.Cl. The van der Waals surface area contributed by atoms with Crippen molar-refractivity contribution in [3.05, 3.63) is 23.2 Å². The predicted molar refractivity (Wildman–Crippen MR) is 95.3 cm³/mol. The zero-order chi connectivity index (χ0) is 17.1. The lowest BCUT2D eigenvalue weighted by atomic mass is 10.0. The molecule has 1 aliphatic rings. The van der Waals surface area contributed by atoms with Gasteiger partial charge < -0.3 is 20.0 Å². The van der Waals surface area contributed by atoms with Crippen LogP contribution in [0.25, 0.3) is 0 Å². The third kappa shape index (κ3) is 4.74. The Balaban J connectivity index is 0.00000288. The summed E-state index contributed by atoms with van der Waals surface area (Å²) in [6, 6.07) is 1.32. The minimum Gasteiger partial charge on any atom is -0.466 e. The van der Waals surface area contributed by atoms with Crippen molar-refractivity contribution in [2.24, 2.45) is 11.7 Å². The first kappa shape index (κ1) is 20.5. The second-order valence-corrected chi connectivity index (χ2v) is 6.68. The summed E-state index contributed by atoms with van der Waals surface area (Å²) in [5, 5.41) is 0. The van der Waals surface area contributed by atoms with Crippen LogP contribution in [0.2, 0.25) is 0 Å². The van der Waals surface area contributed by atoms with Gasteiger partial charge in [-0.05, 0) is 32.3 Å². The first-order valence-corrected chi connectivity index (χ1v) is 8.20. The zero-order valence-electron chi connectivity index (χ0n) is 14.9. The van der Waals surface area contributed by atoms with Gasteiger partial charge in [0.1, 0.15) is 11.5 Å². The van der Waals surface area contributed by atoms with E-state index >= 15 is 0 Å². The van der Waals surface area contributed by atoms with E-state index in [-0.39, 0.29) is 24.2 Å². The number of nitrogens with two attached hydrogens (primary N) is 1. The number of nitrogens with zero attached hydrogens (tertiary/aromatic N) is 2. The minimum atomic E-state index is -0.448. The molecular formula is C17H28ClN3O3. The molecule has 136 valence electrons. The molecule has 0 aromatic carbocycles. The summed E-state index contributed by atoms with van der Waals surface area (Å²) >= 11 is 0. The van der Waals surface area contributed by atoms with Gasteiger partial charge in [0.05, 0.1) is 11.6 Å². The predicted octanol–water partition coefficient (Wildman–Crippen LogP) is 1.98. The summed E-state index contributed by atoms with van der Waals surface area (Å²) in [7, 11) is 0. The zero-order valence-corrected chi connectivity index (χ0v) is 15.7. The van der Waals surface area contributed by atoms with E-state index in [0.717, 1.165) is 5.76 Å². The van der Waals surface area contributed by atoms with Gasteiger partial charge in [-0.25, -0.2) is 0 Å². The summed E-state index contributed by atoms with van der Waals surface area (Å²) in [5.41, 5.74) is 6.58. The van der Waals surface area contributed by atoms with Crippen LogP contribution >= 0.6 is 12.4 Å². The number of amides is 2. The van der Waals surface area contributed by atoms with E-state index in [2.05, 4.69) is 13.8 Å². The fourth-order valence-electron chi connectivity index (χ4n) is 2.99. The number of piperazine rings is 1. The number of carbonyl (C=O) groups excluding carboxylic acids is 2. The highest BCUT2D eigenvalue weighted by Crippen LogP contribution is 2.17. The number of hydrogen-bond donors (Lipinski definition) is 1. The molecule has 6 nitrogen and oxygen atoms in total. The normalized spacial score (nSPS) is 16.1. The summed E-state index contributed by atoms with van der Waals surface area (Å²) in [6.45, 7) is 9.86. The lowest BCUT2D eigenvalue weighted by Gasteiger charge is -2.36. The molecule has 0 spiro atoms. The van der Waals surface area contributed by atoms with Gasteiger partial charge >= 0.3 is 0 Å². The van der Waals surface area contributed by atoms with E-state index < -0.39 is 6.04 Å². The molecule has 1 aromatic rings. The van der Waals surface area contributed by atoms with E-state index in [4.69, 9.17) is 10.2 Å². The first-order valence-electron chi connectivity index (χ1n) is 8.20. The summed E-state index contributed by atoms with van der Waals surface area (Å²) in [4.78, 5) is 28.4. The lowest BCUT2D eigenvalue weighted by Crippen LogP contribution is -2.54. The van der Waals surface area contributed by atoms with Gasteiger partial charge in [0.15, 0.2) is 0 Å². The Hall–Kier alpha value is -1.53. The maximum Gasteiger partial charge on any atom is 0.257 e. The highest BCUT2D eigenvalue weighted by molar-refractivity contribution is 5.95. The lowest BCUT2D eigenvalue weighted by molar-refractivity contribution is -0.134. The molecule has 0 aliphatic carbocycles. The smallest absolute Gasteiger partial charge is 0.257 e. The van der Waals surface area contributed by atoms with Gasteiger partial charge in [0, 0.05) is 26.2 Å². The number of aryl methyl sites for hydroxylation is 2. The van der Waals surface area contributed by atoms with Gasteiger partial charge in [-0.1, -0.05) is 13.8 Å². The molecule has 0 radical (unpaired) electrons. The molecule has 0 unspecified atom stereocenters. The highest BCUT2D eigenvalue weighted by atomic mass is 35.5. The molecule has 2 rings (SSSR count). The third-order valence-corrected chi connectivity index (χ3v) is 4.19. The van der Waals surface area contributed by atoms with Crippen molar-refractivity contribution in [3.8, 4) is 0 Å². The Morgan fingerprint density at radius 1 is 1.17 bits per heavy atom. The molecule has 0 saturated carbocycles. The number of carbonyl (C=O) groups is 2. The van der Waals surface area contributed by atoms with E-state index in [1.807, 2.05) is 6.92 Å². The number of halogens is 1. The molecule has 0 bridgehead atoms. The quantitative estimate of drug-likeness (QED) is 0.893. The van der Waals surface area contributed by atoms with Crippen molar-refractivity contribution in [1.82, 2.24) is 9.80 Å². The molecule has 1 saturated heterocycles. The largest absolute Gasteiger partial charge is 0.466 e. The molecule has 1 fully saturated rings. The monoisotopic (exact) mass is 357 g/mol. The molecular weight excluding hydrogens is 330 g/mol. The maximum absolute atomic E-state index is 12.5. The van der Waals surface area contributed by atoms with Crippen molar-refractivity contribution in [3.63, 3.8) is 0 Å². The Labute approximate surface area is 149 Å². The average Bonchev–Trinajstić information content (AvgIpc) is 2.84. The third-order valence-electron chi connectivity index (χ3n) is 4.19. The summed E-state index contributed by atoms with van der Waals surface area (Å²) in [6.07, 6.45) is 0.686. The molecule has 2 amide bonds. The fraction of sp³-hybridized carbons (Fsp3) is 0.647. The van der Waals surface area contributed by atoms with Gasteiger partial charge in [-0.2, -0.15) is 0 Å². The van der Waals surface area contributed by atoms with Crippen LogP contribution in [0.4, 0.5) is 0 Å². The number of rotatable bonds is 4. The standard InChI is InChI=1S/C17H27N3O3.ClH/c1-11(2)9-15(18)17(22)20-7-5-19(6-8-20)16(21)14-10-12(3)23-13(14)4;/h10-11,15H,5-9,18H2,1-4H3;1H/t15-;/m0./s1. The van der Waals surface area contributed by atoms with Gasteiger partial charge in [0.25, 0.3) is 5.91 Å². The maximum atomic E-state index is 12.5. The second kappa shape index (κ2) is 8.53. The summed E-state index contributed by atoms with van der Waals surface area (Å²) < 4.78 is 5.43. The van der Waals surface area contributed by atoms with E-state index in [1.54, 1.807) is 22.8 Å². The van der Waals surface area contributed by atoms with Crippen molar-refractivity contribution in [2.45, 2.75) is 40.2 Å². The van der Waals surface area contributed by atoms with Crippen LogP contribution in [0.5, 0.6) is 0 Å². The number of furan rings is 1. The molecule has 7 heteroatoms. The van der Waals surface area contributed by atoms with Crippen LogP contribution in [0.1, 0.15) is 42.1 Å².